The van der Waals surface area contributed by atoms with Crippen molar-refractivity contribution < 1.29 is 5.11 Å². The van der Waals surface area contributed by atoms with E-state index in [9.17, 15) is 9.90 Å². The molecule has 1 N–H and O–H groups in total. The second-order valence-corrected chi connectivity index (χ2v) is 4.89. The highest BCUT2D eigenvalue weighted by Crippen LogP contribution is 2.14. The summed E-state index contributed by atoms with van der Waals surface area (Å²) >= 11 is 0. The first-order valence-corrected chi connectivity index (χ1v) is 6.83. The second-order valence-electron chi connectivity index (χ2n) is 4.89. The molecule has 3 rings (SSSR count). The van der Waals surface area contributed by atoms with Gasteiger partial charge in [0, 0.05) is 30.4 Å². The first-order valence-electron chi connectivity index (χ1n) is 6.83. The maximum Gasteiger partial charge on any atom is 0.258 e. The molecule has 3 aromatic rings. The standard InChI is InChI=1S/C16H15N3O2/c20-14-7-3-9-19-15(21)10-13(18-16(14)19)6-1-4-12-5-2-8-17-11-12/h2-3,5,7-11,20H,1,4,6H2. The summed E-state index contributed by atoms with van der Waals surface area (Å²) in [5.74, 6) is 0.0173. The van der Waals surface area contributed by atoms with Crippen molar-refractivity contribution in [2.75, 3.05) is 0 Å². The number of rotatable bonds is 4. The Morgan fingerprint density at radius 1 is 1.19 bits per heavy atom. The van der Waals surface area contributed by atoms with Crippen molar-refractivity contribution in [1.82, 2.24) is 14.4 Å². The zero-order valence-electron chi connectivity index (χ0n) is 11.4. The molecule has 0 atom stereocenters. The predicted octanol–water partition coefficient (Wildman–Crippen LogP) is 1.97. The fourth-order valence-corrected chi connectivity index (χ4v) is 2.31. The average Bonchev–Trinajstić information content (AvgIpc) is 2.50. The second kappa shape index (κ2) is 5.75. The zero-order valence-corrected chi connectivity index (χ0v) is 11.4. The van der Waals surface area contributed by atoms with Gasteiger partial charge in [-0.15, -0.1) is 0 Å². The molecule has 0 saturated carbocycles. The molecule has 3 heterocycles. The average molecular weight is 281 g/mol. The molecular formula is C16H15N3O2. The van der Waals surface area contributed by atoms with Gasteiger partial charge < -0.3 is 5.11 Å². The fraction of sp³-hybridized carbons (Fsp3) is 0.188. The van der Waals surface area contributed by atoms with E-state index >= 15 is 0 Å². The summed E-state index contributed by atoms with van der Waals surface area (Å²) in [6.07, 6.45) is 7.64. The Morgan fingerprint density at radius 2 is 2.10 bits per heavy atom. The molecule has 0 aromatic carbocycles. The van der Waals surface area contributed by atoms with E-state index in [0.717, 1.165) is 18.4 Å². The third kappa shape index (κ3) is 2.91. The van der Waals surface area contributed by atoms with Gasteiger partial charge in [-0.3, -0.25) is 14.2 Å². The Labute approximate surface area is 121 Å². The van der Waals surface area contributed by atoms with Gasteiger partial charge in [-0.2, -0.15) is 0 Å². The molecule has 0 aliphatic rings. The fourth-order valence-electron chi connectivity index (χ4n) is 2.31. The molecule has 0 amide bonds. The van der Waals surface area contributed by atoms with Crippen LogP contribution < -0.4 is 5.56 Å². The summed E-state index contributed by atoms with van der Waals surface area (Å²) < 4.78 is 1.35. The van der Waals surface area contributed by atoms with Gasteiger partial charge in [0.2, 0.25) is 0 Å². The van der Waals surface area contributed by atoms with Crippen LogP contribution in [0.3, 0.4) is 0 Å². The van der Waals surface area contributed by atoms with Gasteiger partial charge in [0.05, 0.1) is 0 Å². The van der Waals surface area contributed by atoms with Crippen LogP contribution in [0.4, 0.5) is 0 Å². The quantitative estimate of drug-likeness (QED) is 0.794. The summed E-state index contributed by atoms with van der Waals surface area (Å²) in [4.78, 5) is 20.4. The minimum absolute atomic E-state index is 0.0173. The van der Waals surface area contributed by atoms with Crippen LogP contribution in [0, 0.1) is 0 Å². The van der Waals surface area contributed by atoms with Gasteiger partial charge in [0.1, 0.15) is 0 Å². The third-order valence-electron chi connectivity index (χ3n) is 3.34. The highest BCUT2D eigenvalue weighted by molar-refractivity contribution is 5.52. The van der Waals surface area contributed by atoms with Gasteiger partial charge in [0.15, 0.2) is 11.4 Å². The summed E-state index contributed by atoms with van der Waals surface area (Å²) in [6, 6.07) is 8.61. The Hall–Kier alpha value is -2.69. The lowest BCUT2D eigenvalue weighted by Crippen LogP contribution is -2.15. The molecule has 106 valence electrons. The van der Waals surface area contributed by atoms with E-state index in [1.807, 2.05) is 18.3 Å². The van der Waals surface area contributed by atoms with E-state index in [0.29, 0.717) is 17.8 Å². The van der Waals surface area contributed by atoms with Gasteiger partial charge in [0.25, 0.3) is 5.56 Å². The van der Waals surface area contributed by atoms with Gasteiger partial charge >= 0.3 is 0 Å². The van der Waals surface area contributed by atoms with Crippen LogP contribution in [0.15, 0.2) is 53.7 Å². The predicted molar refractivity (Wildman–Crippen MR) is 79.4 cm³/mol. The molecule has 3 aromatic heterocycles. The zero-order chi connectivity index (χ0) is 14.7. The van der Waals surface area contributed by atoms with Crippen molar-refractivity contribution in [2.45, 2.75) is 19.3 Å². The molecule has 0 fully saturated rings. The summed E-state index contributed by atoms with van der Waals surface area (Å²) in [5, 5.41) is 9.79. The van der Waals surface area contributed by atoms with E-state index in [2.05, 4.69) is 9.97 Å². The van der Waals surface area contributed by atoms with Crippen LogP contribution in [0.1, 0.15) is 17.7 Å². The largest absolute Gasteiger partial charge is 0.504 e. The third-order valence-corrected chi connectivity index (χ3v) is 3.34. The molecule has 0 aliphatic heterocycles. The van der Waals surface area contributed by atoms with Crippen molar-refractivity contribution in [1.29, 1.82) is 0 Å². The van der Waals surface area contributed by atoms with Crippen LogP contribution in [0.25, 0.3) is 5.65 Å². The van der Waals surface area contributed by atoms with Gasteiger partial charge in [-0.1, -0.05) is 6.07 Å². The molecule has 5 heteroatoms. The van der Waals surface area contributed by atoms with Crippen LogP contribution in [-0.4, -0.2) is 19.5 Å². The van der Waals surface area contributed by atoms with Crippen molar-refractivity contribution in [2.24, 2.45) is 0 Å². The maximum atomic E-state index is 12.0. The lowest BCUT2D eigenvalue weighted by Gasteiger charge is -2.05. The van der Waals surface area contributed by atoms with E-state index < -0.39 is 0 Å². The molecule has 0 unspecified atom stereocenters. The summed E-state index contributed by atoms with van der Waals surface area (Å²) in [7, 11) is 0. The van der Waals surface area contributed by atoms with Gasteiger partial charge in [-0.25, -0.2) is 4.98 Å². The first kappa shape index (κ1) is 13.3. The van der Waals surface area contributed by atoms with Crippen molar-refractivity contribution in [3.05, 3.63) is 70.5 Å². The SMILES string of the molecule is O=c1cc(CCCc2cccnc2)nc2c(O)cccn12. The van der Waals surface area contributed by atoms with Crippen molar-refractivity contribution >= 4 is 5.65 Å². The number of fused-ring (bicyclic) bond motifs is 1. The molecule has 0 aliphatic carbocycles. The summed E-state index contributed by atoms with van der Waals surface area (Å²) in [6.45, 7) is 0. The normalized spacial score (nSPS) is 10.9. The minimum atomic E-state index is -0.174. The van der Waals surface area contributed by atoms with Crippen LogP contribution in [0.5, 0.6) is 5.75 Å². The molecule has 21 heavy (non-hydrogen) atoms. The van der Waals surface area contributed by atoms with E-state index in [-0.39, 0.29) is 11.3 Å². The topological polar surface area (TPSA) is 67.5 Å². The lowest BCUT2D eigenvalue weighted by molar-refractivity contribution is 0.476. The molecule has 0 saturated heterocycles. The number of nitrogens with zero attached hydrogens (tertiary/aromatic N) is 3. The van der Waals surface area contributed by atoms with E-state index in [4.69, 9.17) is 0 Å². The van der Waals surface area contributed by atoms with Gasteiger partial charge in [-0.05, 0) is 43.0 Å². The molecule has 0 spiro atoms. The Morgan fingerprint density at radius 3 is 2.90 bits per heavy atom. The summed E-state index contributed by atoms with van der Waals surface area (Å²) in [5.41, 5.74) is 2.00. The number of hydrogen-bond donors (Lipinski definition) is 1. The molecule has 5 nitrogen and oxygen atoms in total. The maximum absolute atomic E-state index is 12.0. The monoisotopic (exact) mass is 281 g/mol. The Balaban J connectivity index is 1.79. The van der Waals surface area contributed by atoms with Crippen molar-refractivity contribution in [3.8, 4) is 5.75 Å². The van der Waals surface area contributed by atoms with Crippen LogP contribution in [-0.2, 0) is 12.8 Å². The molecular weight excluding hydrogens is 266 g/mol. The minimum Gasteiger partial charge on any atom is -0.504 e. The van der Waals surface area contributed by atoms with E-state index in [1.165, 1.54) is 16.5 Å². The first-order chi connectivity index (χ1) is 10.2. The van der Waals surface area contributed by atoms with Crippen LogP contribution in [0.2, 0.25) is 0 Å². The molecule has 0 radical (unpaired) electrons. The number of pyridine rings is 2. The van der Waals surface area contributed by atoms with E-state index in [1.54, 1.807) is 18.5 Å². The number of hydrogen-bond acceptors (Lipinski definition) is 4. The Kier molecular flexibility index (Phi) is 3.64. The number of aryl methyl sites for hydroxylation is 2. The highest BCUT2D eigenvalue weighted by Gasteiger charge is 2.06. The smallest absolute Gasteiger partial charge is 0.258 e. The highest BCUT2D eigenvalue weighted by atomic mass is 16.3. The number of aromatic nitrogens is 3. The number of aromatic hydroxyl groups is 1. The molecule has 0 bridgehead atoms. The van der Waals surface area contributed by atoms with Crippen LogP contribution >= 0.6 is 0 Å². The Bertz CT molecular complexity index is 813. The lowest BCUT2D eigenvalue weighted by atomic mass is 10.1. The van der Waals surface area contributed by atoms with Crippen molar-refractivity contribution in [3.63, 3.8) is 0 Å².